The zero-order chi connectivity index (χ0) is 7.68. The van der Waals surface area contributed by atoms with Gasteiger partial charge in [-0.3, -0.25) is 0 Å². The predicted octanol–water partition coefficient (Wildman–Crippen LogP) is 2.60. The van der Waals surface area contributed by atoms with Gasteiger partial charge in [-0.1, -0.05) is 0 Å². The van der Waals surface area contributed by atoms with Gasteiger partial charge in [0.25, 0.3) is 0 Å². The van der Waals surface area contributed by atoms with Crippen molar-refractivity contribution in [1.82, 2.24) is 0 Å². The largest absolute Gasteiger partial charge is 0.378 e. The molecule has 0 aromatic rings. The minimum atomic E-state index is 0.632. The minimum Gasteiger partial charge on any atom is -0.378 e. The van der Waals surface area contributed by atoms with E-state index >= 15 is 0 Å². The van der Waals surface area contributed by atoms with Crippen molar-refractivity contribution < 1.29 is 4.74 Å². The Morgan fingerprint density at radius 2 is 1.91 bits per heavy atom. The van der Waals surface area contributed by atoms with Crippen LogP contribution < -0.4 is 0 Å². The standard InChI is InChI=1S/C10H18O/c1-2-11-10-7-8-3-5-9(10)6-4-8/h8-10H,2-7H2,1H3. The molecule has 1 atom stereocenters. The summed E-state index contributed by atoms with van der Waals surface area (Å²) in [6, 6.07) is 0. The number of fused-ring (bicyclic) bond motifs is 3. The molecule has 3 rings (SSSR count). The fourth-order valence-electron chi connectivity index (χ4n) is 2.73. The molecule has 0 radical (unpaired) electrons. The zero-order valence-corrected chi connectivity index (χ0v) is 7.38. The number of ether oxygens (including phenoxy) is 1. The van der Waals surface area contributed by atoms with E-state index in [1.807, 2.05) is 0 Å². The first-order valence-electron chi connectivity index (χ1n) is 5.01. The Morgan fingerprint density at radius 3 is 2.36 bits per heavy atom. The molecule has 0 aromatic heterocycles. The van der Waals surface area contributed by atoms with E-state index in [2.05, 4.69) is 6.92 Å². The lowest BCUT2D eigenvalue weighted by atomic mass is 9.69. The van der Waals surface area contributed by atoms with Crippen molar-refractivity contribution in [3.63, 3.8) is 0 Å². The summed E-state index contributed by atoms with van der Waals surface area (Å²) in [5.41, 5.74) is 0. The van der Waals surface area contributed by atoms with Gasteiger partial charge in [-0.15, -0.1) is 0 Å². The minimum absolute atomic E-state index is 0.632. The smallest absolute Gasteiger partial charge is 0.0605 e. The molecule has 0 spiro atoms. The topological polar surface area (TPSA) is 9.23 Å². The lowest BCUT2D eigenvalue weighted by molar-refractivity contribution is -0.0491. The van der Waals surface area contributed by atoms with Crippen LogP contribution in [-0.4, -0.2) is 12.7 Å². The van der Waals surface area contributed by atoms with E-state index in [1.165, 1.54) is 32.1 Å². The second-order valence-corrected chi connectivity index (χ2v) is 4.01. The Morgan fingerprint density at radius 1 is 1.18 bits per heavy atom. The Kier molecular flexibility index (Phi) is 2.17. The molecule has 11 heavy (non-hydrogen) atoms. The zero-order valence-electron chi connectivity index (χ0n) is 7.38. The third-order valence-electron chi connectivity index (χ3n) is 3.36. The second-order valence-electron chi connectivity index (χ2n) is 4.01. The first-order chi connectivity index (χ1) is 5.40. The Balaban J connectivity index is 1.92. The molecule has 3 fully saturated rings. The molecule has 0 aliphatic heterocycles. The second kappa shape index (κ2) is 3.14. The van der Waals surface area contributed by atoms with Crippen LogP contribution in [0.5, 0.6) is 0 Å². The highest BCUT2D eigenvalue weighted by Gasteiger charge is 2.35. The molecule has 0 aromatic carbocycles. The third kappa shape index (κ3) is 1.44. The van der Waals surface area contributed by atoms with Gasteiger partial charge in [0.15, 0.2) is 0 Å². The van der Waals surface area contributed by atoms with Crippen LogP contribution in [0.4, 0.5) is 0 Å². The van der Waals surface area contributed by atoms with Crippen molar-refractivity contribution in [2.75, 3.05) is 6.61 Å². The molecule has 64 valence electrons. The Hall–Kier alpha value is -0.0400. The quantitative estimate of drug-likeness (QED) is 0.594. The van der Waals surface area contributed by atoms with E-state index in [4.69, 9.17) is 4.74 Å². The van der Waals surface area contributed by atoms with E-state index in [0.717, 1.165) is 18.4 Å². The van der Waals surface area contributed by atoms with Gasteiger partial charge in [0.2, 0.25) is 0 Å². The molecule has 0 heterocycles. The summed E-state index contributed by atoms with van der Waals surface area (Å²) in [6.07, 6.45) is 7.83. The van der Waals surface area contributed by atoms with Gasteiger partial charge in [-0.25, -0.2) is 0 Å². The summed E-state index contributed by atoms with van der Waals surface area (Å²) in [6.45, 7) is 3.02. The van der Waals surface area contributed by atoms with Gasteiger partial charge in [0, 0.05) is 6.61 Å². The first kappa shape index (κ1) is 7.60. The predicted molar refractivity (Wildman–Crippen MR) is 45.5 cm³/mol. The van der Waals surface area contributed by atoms with Crippen LogP contribution in [0.2, 0.25) is 0 Å². The van der Waals surface area contributed by atoms with Gasteiger partial charge in [-0.2, -0.15) is 0 Å². The number of hydrogen-bond acceptors (Lipinski definition) is 1. The molecular weight excluding hydrogens is 136 g/mol. The molecule has 3 saturated carbocycles. The molecule has 0 N–H and O–H groups in total. The maximum absolute atomic E-state index is 5.72. The van der Waals surface area contributed by atoms with Crippen LogP contribution in [-0.2, 0) is 4.74 Å². The van der Waals surface area contributed by atoms with Crippen LogP contribution >= 0.6 is 0 Å². The molecule has 0 saturated heterocycles. The summed E-state index contributed by atoms with van der Waals surface area (Å²) < 4.78 is 5.72. The van der Waals surface area contributed by atoms with Crippen LogP contribution in [0.3, 0.4) is 0 Å². The van der Waals surface area contributed by atoms with E-state index in [-0.39, 0.29) is 0 Å². The van der Waals surface area contributed by atoms with Crippen LogP contribution in [0, 0.1) is 11.8 Å². The van der Waals surface area contributed by atoms with Gasteiger partial charge in [-0.05, 0) is 50.9 Å². The molecule has 1 heteroatoms. The van der Waals surface area contributed by atoms with Crippen LogP contribution in [0.25, 0.3) is 0 Å². The van der Waals surface area contributed by atoms with Crippen LogP contribution in [0.1, 0.15) is 39.0 Å². The molecule has 3 aliphatic rings. The molecule has 1 unspecified atom stereocenters. The van der Waals surface area contributed by atoms with Crippen molar-refractivity contribution in [3.8, 4) is 0 Å². The van der Waals surface area contributed by atoms with E-state index in [9.17, 15) is 0 Å². The SMILES string of the molecule is CCOC1CC2CCC1CC2. The van der Waals surface area contributed by atoms with Crippen molar-refractivity contribution >= 4 is 0 Å². The van der Waals surface area contributed by atoms with E-state index < -0.39 is 0 Å². The maximum Gasteiger partial charge on any atom is 0.0605 e. The number of rotatable bonds is 2. The lowest BCUT2D eigenvalue weighted by Crippen LogP contribution is -2.36. The fraction of sp³-hybridized carbons (Fsp3) is 1.00. The van der Waals surface area contributed by atoms with E-state index in [0.29, 0.717) is 6.10 Å². The fourth-order valence-corrected chi connectivity index (χ4v) is 2.73. The lowest BCUT2D eigenvalue weighted by Gasteiger charge is -2.41. The summed E-state index contributed by atoms with van der Waals surface area (Å²) in [7, 11) is 0. The van der Waals surface area contributed by atoms with Crippen molar-refractivity contribution in [2.45, 2.75) is 45.1 Å². The van der Waals surface area contributed by atoms with Gasteiger partial charge >= 0.3 is 0 Å². The molecular formula is C10H18O. The van der Waals surface area contributed by atoms with Gasteiger partial charge < -0.3 is 4.74 Å². The average molecular weight is 154 g/mol. The highest BCUT2D eigenvalue weighted by atomic mass is 16.5. The molecule has 3 aliphatic carbocycles. The molecule has 1 nitrogen and oxygen atoms in total. The van der Waals surface area contributed by atoms with Crippen LogP contribution in [0.15, 0.2) is 0 Å². The summed E-state index contributed by atoms with van der Waals surface area (Å²) in [5, 5.41) is 0. The first-order valence-corrected chi connectivity index (χ1v) is 5.01. The number of hydrogen-bond donors (Lipinski definition) is 0. The maximum atomic E-state index is 5.72. The summed E-state index contributed by atoms with van der Waals surface area (Å²) in [4.78, 5) is 0. The van der Waals surface area contributed by atoms with Gasteiger partial charge in [0.1, 0.15) is 0 Å². The summed E-state index contributed by atoms with van der Waals surface area (Å²) >= 11 is 0. The monoisotopic (exact) mass is 154 g/mol. The van der Waals surface area contributed by atoms with Gasteiger partial charge in [0.05, 0.1) is 6.10 Å². The Bertz CT molecular complexity index is 125. The highest BCUT2D eigenvalue weighted by Crippen LogP contribution is 2.42. The normalized spacial score (nSPS) is 42.8. The van der Waals surface area contributed by atoms with Crippen molar-refractivity contribution in [2.24, 2.45) is 11.8 Å². The van der Waals surface area contributed by atoms with Crippen molar-refractivity contribution in [1.29, 1.82) is 0 Å². The third-order valence-corrected chi connectivity index (χ3v) is 3.36. The summed E-state index contributed by atoms with van der Waals surface area (Å²) in [5.74, 6) is 1.93. The highest BCUT2D eigenvalue weighted by molar-refractivity contribution is 4.86. The Labute approximate surface area is 69.1 Å². The molecule has 2 bridgehead atoms. The average Bonchev–Trinajstić information content (AvgIpc) is 2.07. The van der Waals surface area contributed by atoms with E-state index in [1.54, 1.807) is 0 Å². The van der Waals surface area contributed by atoms with Crippen molar-refractivity contribution in [3.05, 3.63) is 0 Å². The molecule has 0 amide bonds.